The first-order valence-electron chi connectivity index (χ1n) is 8.22. The van der Waals surface area contributed by atoms with E-state index in [1.807, 2.05) is 72.8 Å². The molecule has 0 aliphatic heterocycles. The van der Waals surface area contributed by atoms with Gasteiger partial charge >= 0.3 is 0 Å². The van der Waals surface area contributed by atoms with Crippen LogP contribution < -0.4 is 0 Å². The lowest BCUT2D eigenvalue weighted by molar-refractivity contribution is 0.678. The number of nitrogens with zero attached hydrogens (tertiary/aromatic N) is 1. The predicted molar refractivity (Wildman–Crippen MR) is 106 cm³/mol. The van der Waals surface area contributed by atoms with E-state index in [2.05, 4.69) is 28.6 Å². The van der Waals surface area contributed by atoms with Crippen LogP contribution in [0.25, 0.3) is 5.57 Å². The summed E-state index contributed by atoms with van der Waals surface area (Å²) in [4.78, 5) is 0.772. The van der Waals surface area contributed by atoms with Crippen molar-refractivity contribution in [2.45, 2.75) is 4.90 Å². The van der Waals surface area contributed by atoms with E-state index < -0.39 is 9.73 Å². The molecule has 126 valence electrons. The van der Waals surface area contributed by atoms with Gasteiger partial charge in [-0.25, -0.2) is 8.57 Å². The molecule has 3 heteroatoms. The van der Waals surface area contributed by atoms with Crippen LogP contribution in [-0.4, -0.2) is 17.0 Å². The van der Waals surface area contributed by atoms with Crippen LogP contribution in [0, 0.1) is 0 Å². The molecule has 0 aliphatic rings. The van der Waals surface area contributed by atoms with Crippen LogP contribution in [0.4, 0.5) is 0 Å². The molecule has 0 fully saturated rings. The Hall–Kier alpha value is -2.65. The van der Waals surface area contributed by atoms with Gasteiger partial charge in [0.1, 0.15) is 0 Å². The molecule has 0 spiro atoms. The highest BCUT2D eigenvalue weighted by Crippen LogP contribution is 2.24. The summed E-state index contributed by atoms with van der Waals surface area (Å²) in [5, 5.41) is 0. The van der Waals surface area contributed by atoms with E-state index in [-0.39, 0.29) is 0 Å². The molecular formula is C22H21NOS. The molecule has 25 heavy (non-hydrogen) atoms. The summed E-state index contributed by atoms with van der Waals surface area (Å²) in [5.41, 5.74) is 3.30. The van der Waals surface area contributed by atoms with Crippen molar-refractivity contribution >= 4 is 15.3 Å². The average molecular weight is 347 g/mol. The Kier molecular flexibility index (Phi) is 5.46. The van der Waals surface area contributed by atoms with Crippen molar-refractivity contribution in [3.63, 3.8) is 0 Å². The van der Waals surface area contributed by atoms with E-state index >= 15 is 0 Å². The second-order valence-electron chi connectivity index (χ2n) is 5.65. The Labute approximate surface area is 150 Å². The fourth-order valence-electron chi connectivity index (χ4n) is 2.74. The Balaban J connectivity index is 2.04. The SMILES string of the molecule is CN=S(=O)(CC=C(c1ccccc1)c1ccccc1)c1ccccc1. The first-order chi connectivity index (χ1) is 12.2. The van der Waals surface area contributed by atoms with Crippen LogP contribution in [0.5, 0.6) is 0 Å². The Morgan fingerprint density at radius 3 is 1.68 bits per heavy atom. The van der Waals surface area contributed by atoms with E-state index in [1.165, 1.54) is 0 Å². The van der Waals surface area contributed by atoms with E-state index in [9.17, 15) is 4.21 Å². The summed E-state index contributed by atoms with van der Waals surface area (Å²) >= 11 is 0. The highest BCUT2D eigenvalue weighted by atomic mass is 32.2. The van der Waals surface area contributed by atoms with Gasteiger partial charge in [0.2, 0.25) is 0 Å². The molecule has 0 aliphatic carbocycles. The number of rotatable bonds is 5. The van der Waals surface area contributed by atoms with Crippen LogP contribution >= 0.6 is 0 Å². The summed E-state index contributed by atoms with van der Waals surface area (Å²) in [6, 6.07) is 29.9. The summed E-state index contributed by atoms with van der Waals surface area (Å²) in [6.07, 6.45) is 2.05. The predicted octanol–water partition coefficient (Wildman–Crippen LogP) is 5.28. The lowest BCUT2D eigenvalue weighted by Gasteiger charge is -2.11. The molecule has 0 saturated carbocycles. The Bertz CT molecular complexity index is 913. The molecular weight excluding hydrogens is 326 g/mol. The lowest BCUT2D eigenvalue weighted by atomic mass is 9.98. The van der Waals surface area contributed by atoms with Gasteiger partial charge in [-0.05, 0) is 28.8 Å². The highest BCUT2D eigenvalue weighted by Gasteiger charge is 2.12. The van der Waals surface area contributed by atoms with Gasteiger partial charge in [0.25, 0.3) is 0 Å². The Morgan fingerprint density at radius 2 is 1.24 bits per heavy atom. The highest BCUT2D eigenvalue weighted by molar-refractivity contribution is 7.93. The smallest absolute Gasteiger partial charge is 0.0785 e. The van der Waals surface area contributed by atoms with Crippen molar-refractivity contribution in [2.75, 3.05) is 12.8 Å². The third kappa shape index (κ3) is 4.06. The number of hydrogen-bond acceptors (Lipinski definition) is 2. The second kappa shape index (κ2) is 7.95. The summed E-state index contributed by atoms with van der Waals surface area (Å²) in [6.45, 7) is 0. The van der Waals surface area contributed by atoms with Crippen molar-refractivity contribution in [3.8, 4) is 0 Å². The van der Waals surface area contributed by atoms with E-state index in [1.54, 1.807) is 7.05 Å². The second-order valence-corrected chi connectivity index (χ2v) is 8.10. The first kappa shape index (κ1) is 17.2. The van der Waals surface area contributed by atoms with E-state index in [4.69, 9.17) is 0 Å². The van der Waals surface area contributed by atoms with Crippen LogP contribution in [0.15, 0.2) is 106 Å². The zero-order valence-corrected chi connectivity index (χ0v) is 15.0. The zero-order chi connectivity index (χ0) is 17.5. The van der Waals surface area contributed by atoms with E-state index in [0.717, 1.165) is 21.6 Å². The normalized spacial score (nSPS) is 12.8. The summed E-state index contributed by atoms with van der Waals surface area (Å²) in [7, 11) is -0.835. The molecule has 0 heterocycles. The molecule has 0 aromatic heterocycles. The van der Waals surface area contributed by atoms with Crippen LogP contribution in [-0.2, 0) is 9.73 Å². The van der Waals surface area contributed by atoms with Gasteiger partial charge in [0.05, 0.1) is 15.5 Å². The van der Waals surface area contributed by atoms with Gasteiger partial charge in [0, 0.05) is 11.9 Å². The molecule has 0 amide bonds. The van der Waals surface area contributed by atoms with Crippen LogP contribution in [0.1, 0.15) is 11.1 Å². The third-order valence-corrected chi connectivity index (χ3v) is 6.31. The van der Waals surface area contributed by atoms with E-state index in [0.29, 0.717) is 5.75 Å². The molecule has 0 bridgehead atoms. The fourth-order valence-corrected chi connectivity index (χ4v) is 4.27. The quantitative estimate of drug-likeness (QED) is 0.618. The van der Waals surface area contributed by atoms with Crippen LogP contribution in [0.2, 0.25) is 0 Å². The standard InChI is InChI=1S/C22H21NOS/c1-23-25(24,21-15-9-4-10-16-21)18-17-22(19-11-5-2-6-12-19)20-13-7-3-8-14-20/h2-17H,18H2,1H3. The maximum absolute atomic E-state index is 13.3. The molecule has 0 N–H and O–H groups in total. The Morgan fingerprint density at radius 1 is 0.800 bits per heavy atom. The summed E-state index contributed by atoms with van der Waals surface area (Å²) in [5.74, 6) is 0.382. The average Bonchev–Trinajstić information content (AvgIpc) is 2.70. The van der Waals surface area contributed by atoms with Crippen molar-refractivity contribution in [1.29, 1.82) is 0 Å². The van der Waals surface area contributed by atoms with Crippen molar-refractivity contribution in [3.05, 3.63) is 108 Å². The molecule has 3 aromatic rings. The minimum Gasteiger partial charge on any atom is -0.244 e. The largest absolute Gasteiger partial charge is 0.244 e. The maximum Gasteiger partial charge on any atom is 0.0785 e. The zero-order valence-electron chi connectivity index (χ0n) is 14.2. The van der Waals surface area contributed by atoms with Gasteiger partial charge in [0.15, 0.2) is 0 Å². The van der Waals surface area contributed by atoms with Crippen molar-refractivity contribution in [2.24, 2.45) is 4.36 Å². The minimum atomic E-state index is -2.47. The van der Waals surface area contributed by atoms with Gasteiger partial charge in [-0.2, -0.15) is 0 Å². The third-order valence-electron chi connectivity index (χ3n) is 4.09. The van der Waals surface area contributed by atoms with Gasteiger partial charge < -0.3 is 0 Å². The summed E-state index contributed by atoms with van der Waals surface area (Å²) < 4.78 is 17.5. The maximum atomic E-state index is 13.3. The fraction of sp³-hybridized carbons (Fsp3) is 0.0909. The molecule has 0 saturated heterocycles. The monoisotopic (exact) mass is 347 g/mol. The number of hydrogen-bond donors (Lipinski definition) is 0. The molecule has 3 aromatic carbocycles. The first-order valence-corrected chi connectivity index (χ1v) is 9.90. The lowest BCUT2D eigenvalue weighted by Crippen LogP contribution is -2.05. The van der Waals surface area contributed by atoms with Crippen molar-refractivity contribution < 1.29 is 4.21 Å². The van der Waals surface area contributed by atoms with Gasteiger partial charge in [-0.15, -0.1) is 0 Å². The molecule has 3 rings (SSSR count). The topological polar surface area (TPSA) is 29.4 Å². The van der Waals surface area contributed by atoms with Gasteiger partial charge in [-0.1, -0.05) is 84.9 Å². The minimum absolute atomic E-state index is 0.382. The van der Waals surface area contributed by atoms with Gasteiger partial charge in [-0.3, -0.25) is 0 Å². The van der Waals surface area contributed by atoms with Crippen molar-refractivity contribution in [1.82, 2.24) is 0 Å². The molecule has 2 nitrogen and oxygen atoms in total. The van der Waals surface area contributed by atoms with Crippen LogP contribution in [0.3, 0.4) is 0 Å². The molecule has 1 atom stereocenters. The molecule has 0 radical (unpaired) electrons. The molecule has 1 unspecified atom stereocenters. The number of benzene rings is 3.